The summed E-state index contributed by atoms with van der Waals surface area (Å²) >= 11 is 0. The van der Waals surface area contributed by atoms with Crippen molar-refractivity contribution in [1.82, 2.24) is 0 Å². The van der Waals surface area contributed by atoms with Crippen molar-refractivity contribution in [2.45, 2.75) is 5.41 Å². The topological polar surface area (TPSA) is 40.5 Å². The van der Waals surface area contributed by atoms with Crippen LogP contribution in [0.4, 0.5) is 0 Å². The number of benzene rings is 6. The first kappa shape index (κ1) is 18.8. The molecule has 0 unspecified atom stereocenters. The van der Waals surface area contributed by atoms with Gasteiger partial charge in [-0.15, -0.1) is 0 Å². The van der Waals surface area contributed by atoms with Crippen molar-refractivity contribution in [2.24, 2.45) is 0 Å². The summed E-state index contributed by atoms with van der Waals surface area (Å²) in [6.07, 6.45) is 8.40. The van der Waals surface area contributed by atoms with Gasteiger partial charge in [-0.1, -0.05) is 97.1 Å². The van der Waals surface area contributed by atoms with Crippen LogP contribution < -0.4 is 0 Å². The molecule has 164 valence electrons. The number of fused-ring (bicyclic) bond motifs is 10. The van der Waals surface area contributed by atoms with Gasteiger partial charge in [0.15, 0.2) is 0 Å². The van der Waals surface area contributed by atoms with Gasteiger partial charge in [0.25, 0.3) is 0 Å². The lowest BCUT2D eigenvalue weighted by atomic mass is 9.75. The molecule has 0 heterocycles. The molecule has 35 heavy (non-hydrogen) atoms. The second-order valence-electron chi connectivity index (χ2n) is 9.68. The Bertz CT molecular complexity index is 1830. The molecule has 1 spiro atoms. The van der Waals surface area contributed by atoms with Gasteiger partial charge >= 0.3 is 0 Å². The maximum atomic E-state index is 11.8. The highest BCUT2D eigenvalue weighted by Gasteiger charge is 2.44. The van der Waals surface area contributed by atoms with Gasteiger partial charge in [-0.25, -0.2) is 0 Å². The lowest BCUT2D eigenvalue weighted by Gasteiger charge is -2.27. The molecule has 6 aromatic carbocycles. The van der Waals surface area contributed by atoms with Crippen LogP contribution >= 0.6 is 0 Å². The van der Waals surface area contributed by atoms with Crippen LogP contribution in [0.3, 0.4) is 0 Å². The molecule has 6 aromatic rings. The van der Waals surface area contributed by atoms with Crippen molar-refractivity contribution < 1.29 is 10.2 Å². The monoisotopic (exact) mass is 448 g/mol. The first-order chi connectivity index (χ1) is 17.2. The van der Waals surface area contributed by atoms with Crippen LogP contribution in [0.1, 0.15) is 22.3 Å². The number of phenolic OH excluding ortho intramolecular Hbond substituents is 2. The van der Waals surface area contributed by atoms with Crippen LogP contribution in [0.25, 0.3) is 55.2 Å². The molecular weight excluding hydrogens is 428 g/mol. The van der Waals surface area contributed by atoms with Crippen molar-refractivity contribution in [3.63, 3.8) is 0 Å². The molecule has 2 aliphatic carbocycles. The Morgan fingerprint density at radius 3 is 1.40 bits per heavy atom. The molecular formula is C33H20O2. The summed E-state index contributed by atoms with van der Waals surface area (Å²) in [4.78, 5) is 0. The normalized spacial score (nSPS) is 15.1. The molecule has 2 heteroatoms. The highest BCUT2D eigenvalue weighted by molar-refractivity contribution is 6.14. The third-order valence-electron chi connectivity index (χ3n) is 7.95. The van der Waals surface area contributed by atoms with E-state index in [1.165, 1.54) is 0 Å². The van der Waals surface area contributed by atoms with Gasteiger partial charge in [0.1, 0.15) is 11.5 Å². The van der Waals surface area contributed by atoms with E-state index in [0.717, 1.165) is 65.3 Å². The maximum absolute atomic E-state index is 11.8. The molecule has 0 atom stereocenters. The predicted octanol–water partition coefficient (Wildman–Crippen LogP) is 8.05. The van der Waals surface area contributed by atoms with Gasteiger partial charge in [0.05, 0.1) is 5.41 Å². The summed E-state index contributed by atoms with van der Waals surface area (Å²) in [6, 6.07) is 29.0. The van der Waals surface area contributed by atoms with E-state index < -0.39 is 5.41 Å². The highest BCUT2D eigenvalue weighted by Crippen LogP contribution is 2.57. The molecule has 0 saturated heterocycles. The summed E-state index contributed by atoms with van der Waals surface area (Å²) in [5, 5.41) is 31.7. The molecule has 2 nitrogen and oxygen atoms in total. The fourth-order valence-corrected chi connectivity index (χ4v) is 6.44. The lowest BCUT2D eigenvalue weighted by molar-refractivity contribution is 0.460. The van der Waals surface area contributed by atoms with Crippen molar-refractivity contribution in [3.05, 3.63) is 119 Å². The molecule has 0 aromatic heterocycles. The average Bonchev–Trinajstić information content (AvgIpc) is 3.45. The van der Waals surface area contributed by atoms with E-state index in [4.69, 9.17) is 0 Å². The van der Waals surface area contributed by atoms with Gasteiger partial charge in [0, 0.05) is 21.9 Å². The number of aromatic hydroxyl groups is 2. The summed E-state index contributed by atoms with van der Waals surface area (Å²) in [7, 11) is 0. The molecule has 8 rings (SSSR count). The van der Waals surface area contributed by atoms with Crippen LogP contribution in [0, 0.1) is 0 Å². The standard InChI is InChI=1S/C33H20O2/c34-31-27-21(11-9-19-5-1-3-7-25(19)27)17-23-13-15-33(29(23)31)16-14-24-18-22-12-10-20-6-2-4-8-26(20)28(22)32(35)30(24)33/h1-18,34-35H. The van der Waals surface area contributed by atoms with Gasteiger partial charge in [-0.05, 0) is 55.6 Å². The first-order valence-electron chi connectivity index (χ1n) is 11.9. The van der Waals surface area contributed by atoms with Crippen molar-refractivity contribution in [1.29, 1.82) is 0 Å². The third kappa shape index (κ3) is 2.24. The van der Waals surface area contributed by atoms with Crippen LogP contribution in [0.2, 0.25) is 0 Å². The summed E-state index contributed by atoms with van der Waals surface area (Å²) in [5.74, 6) is 0.573. The summed E-state index contributed by atoms with van der Waals surface area (Å²) in [5.41, 5.74) is 2.94. The Balaban J connectivity index is 1.50. The Morgan fingerprint density at radius 2 is 0.914 bits per heavy atom. The number of hydrogen-bond acceptors (Lipinski definition) is 2. The minimum atomic E-state index is -0.713. The van der Waals surface area contributed by atoms with E-state index >= 15 is 0 Å². The molecule has 2 aliphatic rings. The summed E-state index contributed by atoms with van der Waals surface area (Å²) in [6.45, 7) is 0. The minimum Gasteiger partial charge on any atom is -0.507 e. The average molecular weight is 449 g/mol. The zero-order valence-electron chi connectivity index (χ0n) is 18.8. The molecule has 2 N–H and O–H groups in total. The Morgan fingerprint density at radius 1 is 0.486 bits per heavy atom. The van der Waals surface area contributed by atoms with E-state index in [0.29, 0.717) is 0 Å². The van der Waals surface area contributed by atoms with Gasteiger partial charge in [-0.3, -0.25) is 0 Å². The predicted molar refractivity (Wildman–Crippen MR) is 145 cm³/mol. The Kier molecular flexibility index (Phi) is 3.39. The molecule has 0 bridgehead atoms. The minimum absolute atomic E-state index is 0.286. The molecule has 0 aliphatic heterocycles. The van der Waals surface area contributed by atoms with E-state index in [9.17, 15) is 10.2 Å². The van der Waals surface area contributed by atoms with Gasteiger partial charge < -0.3 is 10.2 Å². The quantitative estimate of drug-likeness (QED) is 0.231. The van der Waals surface area contributed by atoms with Crippen LogP contribution in [-0.2, 0) is 5.41 Å². The molecule has 0 saturated carbocycles. The van der Waals surface area contributed by atoms with Gasteiger partial charge in [0.2, 0.25) is 0 Å². The van der Waals surface area contributed by atoms with E-state index in [1.54, 1.807) is 0 Å². The van der Waals surface area contributed by atoms with E-state index in [1.807, 2.05) is 24.3 Å². The zero-order valence-corrected chi connectivity index (χ0v) is 18.8. The first-order valence-corrected chi connectivity index (χ1v) is 11.9. The number of allylic oxidation sites excluding steroid dienone is 2. The Labute approximate surface area is 201 Å². The van der Waals surface area contributed by atoms with Crippen molar-refractivity contribution >= 4 is 55.2 Å². The van der Waals surface area contributed by atoms with Crippen LogP contribution in [0.15, 0.2) is 97.1 Å². The lowest BCUT2D eigenvalue weighted by Crippen LogP contribution is -2.19. The van der Waals surface area contributed by atoms with Crippen LogP contribution in [-0.4, -0.2) is 10.2 Å². The molecule has 0 amide bonds. The fraction of sp³-hybridized carbons (Fsp3) is 0.0303. The van der Waals surface area contributed by atoms with Crippen LogP contribution in [0.5, 0.6) is 11.5 Å². The zero-order chi connectivity index (χ0) is 23.3. The van der Waals surface area contributed by atoms with Crippen molar-refractivity contribution in [2.75, 3.05) is 0 Å². The number of rotatable bonds is 0. The van der Waals surface area contributed by atoms with E-state index in [2.05, 4.69) is 85.0 Å². The maximum Gasteiger partial charge on any atom is 0.129 e. The smallest absolute Gasteiger partial charge is 0.129 e. The SMILES string of the molecule is Oc1c2c(cc3ccc4ccccc4c13)C=CC21C=Cc2cc3ccc4ccccc4c3c(O)c21. The largest absolute Gasteiger partial charge is 0.507 e. The Hall–Kier alpha value is -4.56. The van der Waals surface area contributed by atoms with E-state index in [-0.39, 0.29) is 11.5 Å². The highest BCUT2D eigenvalue weighted by atomic mass is 16.3. The molecule has 0 radical (unpaired) electrons. The van der Waals surface area contributed by atoms with Crippen molar-refractivity contribution in [3.8, 4) is 11.5 Å². The summed E-state index contributed by atoms with van der Waals surface area (Å²) < 4.78 is 0. The molecule has 0 fully saturated rings. The number of phenols is 2. The second kappa shape index (κ2) is 6.31. The fourth-order valence-electron chi connectivity index (χ4n) is 6.44. The second-order valence-corrected chi connectivity index (χ2v) is 9.68. The third-order valence-corrected chi connectivity index (χ3v) is 7.95. The number of hydrogen-bond donors (Lipinski definition) is 2. The van der Waals surface area contributed by atoms with Gasteiger partial charge in [-0.2, -0.15) is 0 Å².